The lowest BCUT2D eigenvalue weighted by Gasteiger charge is -2.17. The van der Waals surface area contributed by atoms with Crippen LogP contribution in [0.25, 0.3) is 0 Å². The number of fused-ring (bicyclic) bond motifs is 1. The third-order valence-corrected chi connectivity index (χ3v) is 4.33. The van der Waals surface area contributed by atoms with Crippen LogP contribution < -0.4 is 10.6 Å². The number of anilines is 1. The largest absolute Gasteiger partial charge is 0.364 e. The van der Waals surface area contributed by atoms with Crippen LogP contribution >= 0.6 is 0 Å². The van der Waals surface area contributed by atoms with E-state index in [9.17, 15) is 9.59 Å². The number of carbonyl (C=O) groups excluding carboxylic acids is 1. The quantitative estimate of drug-likeness (QED) is 0.849. The van der Waals surface area contributed by atoms with Crippen molar-refractivity contribution in [3.63, 3.8) is 0 Å². The molecule has 6 heteroatoms. The van der Waals surface area contributed by atoms with Gasteiger partial charge in [0, 0.05) is 5.69 Å². The minimum atomic E-state index is -0.294. The van der Waals surface area contributed by atoms with E-state index in [1.807, 2.05) is 30.3 Å². The van der Waals surface area contributed by atoms with Gasteiger partial charge in [-0.2, -0.15) is 9.67 Å². The van der Waals surface area contributed by atoms with E-state index in [-0.39, 0.29) is 17.8 Å². The zero-order chi connectivity index (χ0) is 14.4. The standard InChI is InChI=1S/C15H16N4O2/c20-14-16-13-10-17(11-6-2-1-3-7-11)15(21)19(13)18(14)12-8-4-5-9-12/h1-3,6-7,12H,4-5,8-10H2. The molecule has 2 heterocycles. The molecule has 1 fully saturated rings. The summed E-state index contributed by atoms with van der Waals surface area (Å²) in [6, 6.07) is 9.42. The Morgan fingerprint density at radius 1 is 1.05 bits per heavy atom. The summed E-state index contributed by atoms with van der Waals surface area (Å²) in [5.74, 6) is 0.542. The van der Waals surface area contributed by atoms with Crippen molar-refractivity contribution in [2.75, 3.05) is 4.90 Å². The first kappa shape index (κ1) is 12.4. The Morgan fingerprint density at radius 3 is 2.48 bits per heavy atom. The topological polar surface area (TPSA) is 60.1 Å². The minimum Gasteiger partial charge on any atom is -0.285 e. The normalized spacial score (nSPS) is 18.5. The van der Waals surface area contributed by atoms with E-state index in [0.29, 0.717) is 12.4 Å². The Balaban J connectivity index is 1.76. The second-order valence-electron chi connectivity index (χ2n) is 5.61. The smallest absolute Gasteiger partial charge is 0.285 e. The fraction of sp³-hybridized carbons (Fsp3) is 0.400. The zero-order valence-corrected chi connectivity index (χ0v) is 11.6. The molecule has 1 saturated carbocycles. The van der Waals surface area contributed by atoms with Crippen LogP contribution in [-0.4, -0.2) is 20.4 Å². The van der Waals surface area contributed by atoms with Crippen LogP contribution in [0.4, 0.5) is 10.5 Å². The number of hydrogen-bond acceptors (Lipinski definition) is 3. The van der Waals surface area contributed by atoms with E-state index in [1.54, 1.807) is 9.58 Å². The first-order valence-electron chi connectivity index (χ1n) is 7.33. The fourth-order valence-electron chi connectivity index (χ4n) is 3.33. The van der Waals surface area contributed by atoms with Crippen molar-refractivity contribution in [3.05, 3.63) is 46.6 Å². The Morgan fingerprint density at radius 2 is 1.76 bits per heavy atom. The van der Waals surface area contributed by atoms with Crippen molar-refractivity contribution in [1.29, 1.82) is 0 Å². The molecule has 0 unspecified atom stereocenters. The predicted molar refractivity (Wildman–Crippen MR) is 77.4 cm³/mol. The van der Waals surface area contributed by atoms with Gasteiger partial charge < -0.3 is 0 Å². The average Bonchev–Trinajstić information content (AvgIpc) is 3.18. The maximum absolute atomic E-state index is 12.7. The molecule has 0 atom stereocenters. The van der Waals surface area contributed by atoms with Crippen molar-refractivity contribution in [2.24, 2.45) is 0 Å². The first-order valence-corrected chi connectivity index (χ1v) is 7.33. The molecular formula is C15H16N4O2. The lowest BCUT2D eigenvalue weighted by molar-refractivity contribution is 0.240. The monoisotopic (exact) mass is 284 g/mol. The van der Waals surface area contributed by atoms with Crippen molar-refractivity contribution >= 4 is 11.7 Å². The second-order valence-corrected chi connectivity index (χ2v) is 5.61. The van der Waals surface area contributed by atoms with Gasteiger partial charge in [-0.25, -0.2) is 14.3 Å². The fourth-order valence-corrected chi connectivity index (χ4v) is 3.33. The molecule has 2 aliphatic rings. The first-order chi connectivity index (χ1) is 10.3. The summed E-state index contributed by atoms with van der Waals surface area (Å²) in [4.78, 5) is 30.5. The van der Waals surface area contributed by atoms with Crippen LogP contribution in [0, 0.1) is 0 Å². The Bertz CT molecular complexity index is 741. The van der Waals surface area contributed by atoms with Gasteiger partial charge in [0.1, 0.15) is 0 Å². The molecule has 108 valence electrons. The minimum absolute atomic E-state index is 0.110. The second kappa shape index (κ2) is 4.58. The molecule has 0 radical (unpaired) electrons. The maximum Gasteiger partial charge on any atom is 0.364 e. The predicted octanol–water partition coefficient (Wildman–Crippen LogP) is 2.15. The van der Waals surface area contributed by atoms with E-state index >= 15 is 0 Å². The number of benzene rings is 1. The summed E-state index contributed by atoms with van der Waals surface area (Å²) in [6.45, 7) is 0.359. The van der Waals surface area contributed by atoms with Gasteiger partial charge in [0.2, 0.25) is 0 Å². The third-order valence-electron chi connectivity index (χ3n) is 4.33. The summed E-state index contributed by atoms with van der Waals surface area (Å²) < 4.78 is 3.04. The van der Waals surface area contributed by atoms with Gasteiger partial charge in [0.05, 0.1) is 12.6 Å². The number of para-hydroxylation sites is 1. The van der Waals surface area contributed by atoms with E-state index in [1.165, 1.54) is 4.68 Å². The molecule has 0 N–H and O–H groups in total. The molecule has 4 rings (SSSR count). The highest BCUT2D eigenvalue weighted by Crippen LogP contribution is 2.30. The van der Waals surface area contributed by atoms with Gasteiger partial charge in [0.15, 0.2) is 5.82 Å². The highest BCUT2D eigenvalue weighted by molar-refractivity contribution is 5.95. The van der Waals surface area contributed by atoms with Crippen molar-refractivity contribution in [3.8, 4) is 0 Å². The van der Waals surface area contributed by atoms with Crippen molar-refractivity contribution in [2.45, 2.75) is 38.3 Å². The molecule has 1 aliphatic carbocycles. The summed E-state index contributed by atoms with van der Waals surface area (Å²) in [5.41, 5.74) is 0.538. The highest BCUT2D eigenvalue weighted by atomic mass is 16.2. The van der Waals surface area contributed by atoms with Gasteiger partial charge in [-0.3, -0.25) is 4.90 Å². The molecule has 1 amide bonds. The lowest BCUT2D eigenvalue weighted by Crippen LogP contribution is -2.35. The van der Waals surface area contributed by atoms with E-state index in [0.717, 1.165) is 31.4 Å². The molecule has 2 aromatic rings. The average molecular weight is 284 g/mol. The van der Waals surface area contributed by atoms with Gasteiger partial charge in [-0.15, -0.1) is 0 Å². The molecule has 21 heavy (non-hydrogen) atoms. The Kier molecular flexibility index (Phi) is 2.70. The Hall–Kier alpha value is -2.37. The molecule has 1 aromatic carbocycles. The Labute approximate surface area is 121 Å². The van der Waals surface area contributed by atoms with Crippen LogP contribution in [0.2, 0.25) is 0 Å². The van der Waals surface area contributed by atoms with E-state index in [4.69, 9.17) is 0 Å². The number of hydrogen-bond donors (Lipinski definition) is 0. The number of rotatable bonds is 2. The van der Waals surface area contributed by atoms with Gasteiger partial charge >= 0.3 is 11.7 Å². The van der Waals surface area contributed by atoms with Gasteiger partial charge in [-0.05, 0) is 25.0 Å². The number of carbonyl (C=O) groups is 1. The van der Waals surface area contributed by atoms with Crippen LogP contribution in [0.15, 0.2) is 35.1 Å². The molecule has 0 saturated heterocycles. The van der Waals surface area contributed by atoms with Crippen molar-refractivity contribution < 1.29 is 4.79 Å². The summed E-state index contributed by atoms with van der Waals surface area (Å²) >= 11 is 0. The number of amides is 1. The molecular weight excluding hydrogens is 268 g/mol. The van der Waals surface area contributed by atoms with Crippen LogP contribution in [0.5, 0.6) is 0 Å². The summed E-state index contributed by atoms with van der Waals surface area (Å²) in [5, 5.41) is 0. The maximum atomic E-state index is 12.7. The van der Waals surface area contributed by atoms with E-state index < -0.39 is 0 Å². The highest BCUT2D eigenvalue weighted by Gasteiger charge is 2.35. The molecule has 0 spiro atoms. The molecule has 1 aliphatic heterocycles. The third kappa shape index (κ3) is 1.82. The number of aromatic nitrogens is 3. The molecule has 6 nitrogen and oxygen atoms in total. The SMILES string of the molecule is O=C1N(c2ccccc2)Cc2nc(=O)n(C3CCCC3)n21. The van der Waals surface area contributed by atoms with Gasteiger partial charge in [-0.1, -0.05) is 31.0 Å². The van der Waals surface area contributed by atoms with Gasteiger partial charge in [0.25, 0.3) is 0 Å². The number of nitrogens with zero attached hydrogens (tertiary/aromatic N) is 4. The van der Waals surface area contributed by atoms with Crippen LogP contribution in [-0.2, 0) is 6.54 Å². The van der Waals surface area contributed by atoms with Crippen molar-refractivity contribution in [1.82, 2.24) is 14.3 Å². The zero-order valence-electron chi connectivity index (χ0n) is 11.6. The summed E-state index contributed by atoms with van der Waals surface area (Å²) in [7, 11) is 0. The molecule has 1 aromatic heterocycles. The van der Waals surface area contributed by atoms with Crippen LogP contribution in [0.1, 0.15) is 37.5 Å². The van der Waals surface area contributed by atoms with Crippen LogP contribution in [0.3, 0.4) is 0 Å². The molecule has 0 bridgehead atoms. The van der Waals surface area contributed by atoms with E-state index in [2.05, 4.69) is 4.98 Å². The lowest BCUT2D eigenvalue weighted by atomic mass is 10.3. The summed E-state index contributed by atoms with van der Waals surface area (Å²) in [6.07, 6.45) is 4.11.